The van der Waals surface area contributed by atoms with Crippen LogP contribution in [0.2, 0.25) is 0 Å². The van der Waals surface area contributed by atoms with Crippen molar-refractivity contribution in [2.75, 3.05) is 0 Å². The van der Waals surface area contributed by atoms with Gasteiger partial charge in [0.05, 0.1) is 16.9 Å². The first-order valence-electron chi connectivity index (χ1n) is 10.8. The summed E-state index contributed by atoms with van der Waals surface area (Å²) >= 11 is 0. The second kappa shape index (κ2) is 6.97. The van der Waals surface area contributed by atoms with E-state index in [4.69, 9.17) is 4.42 Å². The topological polar surface area (TPSA) is 96.7 Å². The first-order chi connectivity index (χ1) is 15.2. The van der Waals surface area contributed by atoms with Gasteiger partial charge in [-0.2, -0.15) is 0 Å². The average molecular weight is 414 g/mol. The molecule has 7 heteroatoms. The first-order valence-corrected chi connectivity index (χ1v) is 10.8. The maximum atomic E-state index is 13.2. The molecule has 6 rings (SSSR count). The van der Waals surface area contributed by atoms with Gasteiger partial charge in [-0.15, -0.1) is 0 Å². The molecule has 4 aromatic heterocycles. The van der Waals surface area contributed by atoms with E-state index in [1.54, 1.807) is 18.5 Å². The Kier molecular flexibility index (Phi) is 4.09. The summed E-state index contributed by atoms with van der Waals surface area (Å²) in [5.74, 6) is 0. The van der Waals surface area contributed by atoms with Crippen molar-refractivity contribution < 1.29 is 4.42 Å². The molecule has 7 nitrogen and oxygen atoms in total. The lowest BCUT2D eigenvalue weighted by Gasteiger charge is -2.17. The standard InChI is InChI=1S/C24H22N4O3/c29-16-9-10-17-18(12-16)31-22-19(14-6-5-11-25-13-14)20-23(26-21(17)22)28(27-24(20)30)15-7-3-1-2-4-8-15/h5-6,9-13,15,26H,1-4,7-8H2,(H,27,30). The molecule has 0 spiro atoms. The number of hydrogen-bond donors (Lipinski definition) is 2. The molecule has 0 saturated heterocycles. The second-order valence-electron chi connectivity index (χ2n) is 8.39. The van der Waals surface area contributed by atoms with Crippen LogP contribution in [0.15, 0.2) is 56.7 Å². The predicted molar refractivity (Wildman–Crippen MR) is 120 cm³/mol. The smallest absolute Gasteiger partial charge is 0.274 e. The quantitative estimate of drug-likeness (QED) is 0.403. The number of aromatic amines is 2. The number of nitrogens with zero attached hydrogens (tertiary/aromatic N) is 2. The molecule has 0 atom stereocenters. The van der Waals surface area contributed by atoms with Crippen molar-refractivity contribution in [2.45, 2.75) is 44.6 Å². The number of nitrogens with one attached hydrogen (secondary N) is 2. The minimum Gasteiger partial charge on any atom is -0.454 e. The van der Waals surface area contributed by atoms with Crippen LogP contribution in [0.4, 0.5) is 0 Å². The second-order valence-corrected chi connectivity index (χ2v) is 8.39. The van der Waals surface area contributed by atoms with Gasteiger partial charge in [-0.25, -0.2) is 0 Å². The molecule has 0 radical (unpaired) electrons. The number of fused-ring (bicyclic) bond motifs is 4. The summed E-state index contributed by atoms with van der Waals surface area (Å²) in [5.41, 5.74) is 3.85. The highest BCUT2D eigenvalue weighted by Gasteiger charge is 2.25. The number of hydrogen-bond acceptors (Lipinski definition) is 4. The van der Waals surface area contributed by atoms with Crippen molar-refractivity contribution in [1.82, 2.24) is 19.7 Å². The summed E-state index contributed by atoms with van der Waals surface area (Å²) in [4.78, 5) is 32.9. The molecule has 0 unspecified atom stereocenters. The van der Waals surface area contributed by atoms with Crippen LogP contribution < -0.4 is 11.0 Å². The molecule has 1 fully saturated rings. The molecule has 1 aliphatic rings. The van der Waals surface area contributed by atoms with Gasteiger partial charge in [0, 0.05) is 35.0 Å². The third kappa shape index (κ3) is 2.84. The molecule has 156 valence electrons. The van der Waals surface area contributed by atoms with Crippen molar-refractivity contribution in [3.8, 4) is 11.1 Å². The van der Waals surface area contributed by atoms with Gasteiger partial charge in [0.25, 0.3) is 5.56 Å². The zero-order chi connectivity index (χ0) is 20.9. The maximum absolute atomic E-state index is 13.2. The minimum absolute atomic E-state index is 0.111. The monoisotopic (exact) mass is 414 g/mol. The normalized spacial score (nSPS) is 15.7. The lowest BCUT2D eigenvalue weighted by atomic mass is 10.0. The van der Waals surface area contributed by atoms with Gasteiger partial charge in [0.1, 0.15) is 11.2 Å². The van der Waals surface area contributed by atoms with Gasteiger partial charge in [-0.05, 0) is 31.0 Å². The van der Waals surface area contributed by atoms with Crippen molar-refractivity contribution in [3.05, 3.63) is 63.3 Å². The Labute approximate surface area is 176 Å². The van der Waals surface area contributed by atoms with Crippen molar-refractivity contribution in [1.29, 1.82) is 0 Å². The van der Waals surface area contributed by atoms with Gasteiger partial charge >= 0.3 is 0 Å². The van der Waals surface area contributed by atoms with Crippen molar-refractivity contribution >= 4 is 33.1 Å². The molecule has 0 aliphatic heterocycles. The summed E-state index contributed by atoms with van der Waals surface area (Å²) in [6, 6.07) is 8.82. The molecule has 1 saturated carbocycles. The molecular weight excluding hydrogens is 392 g/mol. The molecule has 1 aliphatic carbocycles. The molecule has 5 aromatic rings. The van der Waals surface area contributed by atoms with Crippen LogP contribution >= 0.6 is 0 Å². The average Bonchev–Trinajstić information content (AvgIpc) is 3.16. The van der Waals surface area contributed by atoms with Crippen molar-refractivity contribution in [3.63, 3.8) is 0 Å². The third-order valence-electron chi connectivity index (χ3n) is 6.45. The highest BCUT2D eigenvalue weighted by molar-refractivity contribution is 6.14. The number of pyridine rings is 2. The predicted octanol–water partition coefficient (Wildman–Crippen LogP) is 4.87. The van der Waals surface area contributed by atoms with E-state index in [0.717, 1.165) is 47.8 Å². The fourth-order valence-electron chi connectivity index (χ4n) is 4.99. The van der Waals surface area contributed by atoms with Gasteiger partial charge in [0.2, 0.25) is 0 Å². The van der Waals surface area contributed by atoms with Crippen LogP contribution in [0, 0.1) is 0 Å². The Morgan fingerprint density at radius 2 is 1.90 bits per heavy atom. The van der Waals surface area contributed by atoms with Gasteiger partial charge in [-0.3, -0.25) is 24.4 Å². The Hall–Kier alpha value is -3.61. The number of aromatic nitrogens is 4. The van der Waals surface area contributed by atoms with E-state index >= 15 is 0 Å². The minimum atomic E-state index is -0.152. The van der Waals surface area contributed by atoms with Crippen molar-refractivity contribution in [2.24, 2.45) is 0 Å². The maximum Gasteiger partial charge on any atom is 0.274 e. The summed E-state index contributed by atoms with van der Waals surface area (Å²) < 4.78 is 8.15. The molecule has 31 heavy (non-hydrogen) atoms. The Balaban J connectivity index is 1.75. The van der Waals surface area contributed by atoms with Crippen LogP contribution in [0.1, 0.15) is 44.6 Å². The van der Waals surface area contributed by atoms with E-state index in [1.165, 1.54) is 25.0 Å². The Morgan fingerprint density at radius 3 is 2.68 bits per heavy atom. The summed E-state index contributed by atoms with van der Waals surface area (Å²) in [5, 5.41) is 4.48. The summed E-state index contributed by atoms with van der Waals surface area (Å²) in [6.45, 7) is 0. The molecule has 0 bridgehead atoms. The van der Waals surface area contributed by atoms with E-state index in [1.807, 2.05) is 16.8 Å². The highest BCUT2D eigenvalue weighted by Crippen LogP contribution is 2.39. The number of H-pyrrole nitrogens is 2. The zero-order valence-corrected chi connectivity index (χ0v) is 17.0. The summed E-state index contributed by atoms with van der Waals surface area (Å²) in [7, 11) is 0. The lowest BCUT2D eigenvalue weighted by Crippen LogP contribution is -2.13. The lowest BCUT2D eigenvalue weighted by molar-refractivity contribution is 0.413. The van der Waals surface area contributed by atoms with Crippen LogP contribution in [0.3, 0.4) is 0 Å². The largest absolute Gasteiger partial charge is 0.454 e. The van der Waals surface area contributed by atoms with Crippen LogP contribution in [0.25, 0.3) is 44.2 Å². The van der Waals surface area contributed by atoms with Gasteiger partial charge in [0.15, 0.2) is 11.0 Å². The fraction of sp³-hybridized carbons (Fsp3) is 0.292. The Morgan fingerprint density at radius 1 is 1.06 bits per heavy atom. The van der Waals surface area contributed by atoms with Crippen LogP contribution in [-0.2, 0) is 0 Å². The van der Waals surface area contributed by atoms with Crippen LogP contribution in [0.5, 0.6) is 0 Å². The first kappa shape index (κ1) is 18.2. The molecule has 0 amide bonds. The molecule has 4 heterocycles. The third-order valence-corrected chi connectivity index (χ3v) is 6.45. The fourth-order valence-corrected chi connectivity index (χ4v) is 4.99. The van der Waals surface area contributed by atoms with Gasteiger partial charge in [-0.1, -0.05) is 31.7 Å². The van der Waals surface area contributed by atoms with E-state index in [-0.39, 0.29) is 17.0 Å². The highest BCUT2D eigenvalue weighted by atomic mass is 16.3. The van der Waals surface area contributed by atoms with E-state index < -0.39 is 0 Å². The van der Waals surface area contributed by atoms with Gasteiger partial charge < -0.3 is 9.40 Å². The van der Waals surface area contributed by atoms with E-state index in [0.29, 0.717) is 22.1 Å². The number of furan rings is 1. The zero-order valence-electron chi connectivity index (χ0n) is 17.0. The van der Waals surface area contributed by atoms with E-state index in [9.17, 15) is 9.59 Å². The molecule has 2 N–H and O–H groups in total. The molecular formula is C24H22N4O3. The summed E-state index contributed by atoms with van der Waals surface area (Å²) in [6.07, 6.45) is 10.3. The number of rotatable bonds is 2. The molecule has 1 aromatic carbocycles. The SMILES string of the molecule is O=c1ccc2c(c1)oc1c(-c3cccnc3)c3c(=O)[nH]n(C4CCCCCC4)c3[nH]c12. The number of benzene rings is 1. The van der Waals surface area contributed by atoms with Crippen LogP contribution in [-0.4, -0.2) is 19.7 Å². The Bertz CT molecular complexity index is 1530. The van der Waals surface area contributed by atoms with E-state index in [2.05, 4.69) is 15.1 Å².